The van der Waals surface area contributed by atoms with Gasteiger partial charge in [-0.25, -0.2) is 8.42 Å². The van der Waals surface area contributed by atoms with E-state index in [0.717, 1.165) is 12.0 Å². The van der Waals surface area contributed by atoms with E-state index in [-0.39, 0.29) is 4.90 Å². The molecule has 1 N–H and O–H groups in total. The van der Waals surface area contributed by atoms with E-state index in [4.69, 9.17) is 4.74 Å². The van der Waals surface area contributed by atoms with Crippen LogP contribution in [0.15, 0.2) is 53.4 Å². The number of ether oxygens (including phenoxy) is 1. The first kappa shape index (κ1) is 14.4. The number of sulfonamides is 1. The minimum atomic E-state index is -3.60. The molecule has 0 aliphatic heterocycles. The van der Waals surface area contributed by atoms with Crippen molar-refractivity contribution >= 4 is 15.7 Å². The van der Waals surface area contributed by atoms with E-state index in [1.54, 1.807) is 24.3 Å². The van der Waals surface area contributed by atoms with Crippen LogP contribution in [0.2, 0.25) is 0 Å². The summed E-state index contributed by atoms with van der Waals surface area (Å²) in [5.74, 6) is 0.509. The summed E-state index contributed by atoms with van der Waals surface area (Å²) in [6, 6.07) is 13.7. The summed E-state index contributed by atoms with van der Waals surface area (Å²) in [5.41, 5.74) is 1.71. The topological polar surface area (TPSA) is 55.4 Å². The molecule has 0 radical (unpaired) electrons. The molecule has 0 saturated carbocycles. The van der Waals surface area contributed by atoms with Gasteiger partial charge in [0.1, 0.15) is 5.75 Å². The Morgan fingerprint density at radius 2 is 1.80 bits per heavy atom. The number of aryl methyl sites for hydroxylation is 1. The van der Waals surface area contributed by atoms with Gasteiger partial charge in [-0.2, -0.15) is 0 Å². The molecule has 4 nitrogen and oxygen atoms in total. The highest BCUT2D eigenvalue weighted by molar-refractivity contribution is 7.92. The molecule has 0 aliphatic carbocycles. The van der Waals surface area contributed by atoms with E-state index in [1.807, 2.05) is 12.1 Å². The monoisotopic (exact) mass is 291 g/mol. The maximum absolute atomic E-state index is 12.3. The summed E-state index contributed by atoms with van der Waals surface area (Å²) in [6.07, 6.45) is 0.920. The van der Waals surface area contributed by atoms with Crippen LogP contribution in [0.5, 0.6) is 5.75 Å². The van der Waals surface area contributed by atoms with Crippen LogP contribution >= 0.6 is 0 Å². The molecule has 0 atom stereocenters. The quantitative estimate of drug-likeness (QED) is 0.921. The third kappa shape index (κ3) is 3.30. The fraction of sp³-hybridized carbons (Fsp3) is 0.200. The van der Waals surface area contributed by atoms with Gasteiger partial charge in [-0.3, -0.25) is 4.72 Å². The minimum Gasteiger partial charge on any atom is -0.497 e. The largest absolute Gasteiger partial charge is 0.497 e. The number of benzene rings is 2. The molecule has 2 aromatic rings. The van der Waals surface area contributed by atoms with Gasteiger partial charge in [-0.15, -0.1) is 0 Å². The molecule has 0 unspecified atom stereocenters. The van der Waals surface area contributed by atoms with Gasteiger partial charge in [0.2, 0.25) is 0 Å². The van der Waals surface area contributed by atoms with Gasteiger partial charge in [0, 0.05) is 11.8 Å². The summed E-state index contributed by atoms with van der Waals surface area (Å²) in [4.78, 5) is 0.177. The van der Waals surface area contributed by atoms with E-state index in [0.29, 0.717) is 11.4 Å². The van der Waals surface area contributed by atoms with Gasteiger partial charge < -0.3 is 4.74 Å². The van der Waals surface area contributed by atoms with Crippen molar-refractivity contribution in [1.29, 1.82) is 0 Å². The fourth-order valence-corrected chi connectivity index (χ4v) is 2.88. The standard InChI is InChI=1S/C15H17NO3S/c1-3-12-7-9-13(10-8-12)16-20(17,18)15-6-4-5-14(11-15)19-2/h4-11,16H,3H2,1-2H3. The molecule has 0 amide bonds. The highest BCUT2D eigenvalue weighted by Gasteiger charge is 2.14. The van der Waals surface area contributed by atoms with Crippen LogP contribution < -0.4 is 9.46 Å². The molecule has 0 aliphatic rings. The number of anilines is 1. The summed E-state index contributed by atoms with van der Waals surface area (Å²) in [5, 5.41) is 0. The molecule has 2 aromatic carbocycles. The molecule has 0 bridgehead atoms. The van der Waals surface area contributed by atoms with Crippen LogP contribution in [0.1, 0.15) is 12.5 Å². The minimum absolute atomic E-state index is 0.177. The molecule has 5 heteroatoms. The lowest BCUT2D eigenvalue weighted by Gasteiger charge is -2.09. The first-order chi connectivity index (χ1) is 9.55. The summed E-state index contributed by atoms with van der Waals surface area (Å²) >= 11 is 0. The van der Waals surface area contributed by atoms with Crippen LogP contribution in [0.4, 0.5) is 5.69 Å². The maximum atomic E-state index is 12.3. The predicted octanol–water partition coefficient (Wildman–Crippen LogP) is 3.06. The Balaban J connectivity index is 2.25. The normalized spacial score (nSPS) is 11.1. The average Bonchev–Trinajstić information content (AvgIpc) is 2.48. The number of rotatable bonds is 5. The Labute approximate surface area is 119 Å². The van der Waals surface area contributed by atoms with Crippen LogP contribution in [-0.4, -0.2) is 15.5 Å². The Hall–Kier alpha value is -2.01. The Morgan fingerprint density at radius 3 is 2.40 bits per heavy atom. The zero-order chi connectivity index (χ0) is 14.6. The second-order valence-electron chi connectivity index (χ2n) is 4.33. The van der Waals surface area contributed by atoms with Gasteiger partial charge in [-0.1, -0.05) is 25.1 Å². The first-order valence-corrected chi connectivity index (χ1v) is 7.79. The predicted molar refractivity (Wildman–Crippen MR) is 79.6 cm³/mol. The zero-order valence-corrected chi connectivity index (χ0v) is 12.3. The molecular formula is C15H17NO3S. The summed E-state index contributed by atoms with van der Waals surface area (Å²) in [7, 11) is -2.09. The molecule has 20 heavy (non-hydrogen) atoms. The number of hydrogen-bond donors (Lipinski definition) is 1. The number of methoxy groups -OCH3 is 1. The average molecular weight is 291 g/mol. The molecular weight excluding hydrogens is 274 g/mol. The first-order valence-electron chi connectivity index (χ1n) is 6.31. The van der Waals surface area contributed by atoms with Crippen LogP contribution in [0.25, 0.3) is 0 Å². The van der Waals surface area contributed by atoms with E-state index < -0.39 is 10.0 Å². The highest BCUT2D eigenvalue weighted by Crippen LogP contribution is 2.20. The van der Waals surface area contributed by atoms with Crippen LogP contribution in [-0.2, 0) is 16.4 Å². The Kier molecular flexibility index (Phi) is 4.29. The van der Waals surface area contributed by atoms with Gasteiger partial charge >= 0.3 is 0 Å². The van der Waals surface area contributed by atoms with Crippen molar-refractivity contribution in [3.8, 4) is 5.75 Å². The van der Waals surface area contributed by atoms with Gasteiger partial charge in [-0.05, 0) is 36.2 Å². The molecule has 0 aromatic heterocycles. The smallest absolute Gasteiger partial charge is 0.262 e. The van der Waals surface area contributed by atoms with Gasteiger partial charge in [0.25, 0.3) is 10.0 Å². The third-order valence-electron chi connectivity index (χ3n) is 2.97. The van der Waals surface area contributed by atoms with E-state index in [2.05, 4.69) is 11.6 Å². The molecule has 0 spiro atoms. The van der Waals surface area contributed by atoms with Crippen molar-refractivity contribution in [2.75, 3.05) is 11.8 Å². The molecule has 0 heterocycles. The molecule has 0 saturated heterocycles. The number of nitrogens with one attached hydrogen (secondary N) is 1. The molecule has 2 rings (SSSR count). The fourth-order valence-electron chi connectivity index (χ4n) is 1.79. The second kappa shape index (κ2) is 5.96. The third-order valence-corrected chi connectivity index (χ3v) is 4.34. The van der Waals surface area contributed by atoms with E-state index in [9.17, 15) is 8.42 Å². The molecule has 0 fully saturated rings. The SMILES string of the molecule is CCc1ccc(NS(=O)(=O)c2cccc(OC)c2)cc1. The molecule has 106 valence electrons. The van der Waals surface area contributed by atoms with E-state index in [1.165, 1.54) is 19.2 Å². The Morgan fingerprint density at radius 1 is 1.10 bits per heavy atom. The zero-order valence-electron chi connectivity index (χ0n) is 11.5. The van der Waals surface area contributed by atoms with Crippen LogP contribution in [0, 0.1) is 0 Å². The maximum Gasteiger partial charge on any atom is 0.262 e. The lowest BCUT2D eigenvalue weighted by molar-refractivity contribution is 0.413. The van der Waals surface area contributed by atoms with Crippen molar-refractivity contribution in [3.63, 3.8) is 0 Å². The Bertz CT molecular complexity index is 679. The van der Waals surface area contributed by atoms with Crippen LogP contribution in [0.3, 0.4) is 0 Å². The highest BCUT2D eigenvalue weighted by atomic mass is 32.2. The lowest BCUT2D eigenvalue weighted by Crippen LogP contribution is -2.12. The van der Waals surface area contributed by atoms with Crippen molar-refractivity contribution in [2.45, 2.75) is 18.2 Å². The lowest BCUT2D eigenvalue weighted by atomic mass is 10.2. The summed E-state index contributed by atoms with van der Waals surface area (Å²) in [6.45, 7) is 2.05. The van der Waals surface area contributed by atoms with Gasteiger partial charge in [0.15, 0.2) is 0 Å². The van der Waals surface area contributed by atoms with Crippen molar-refractivity contribution in [1.82, 2.24) is 0 Å². The second-order valence-corrected chi connectivity index (χ2v) is 6.02. The van der Waals surface area contributed by atoms with Gasteiger partial charge in [0.05, 0.1) is 12.0 Å². The van der Waals surface area contributed by atoms with Crippen molar-refractivity contribution in [3.05, 3.63) is 54.1 Å². The number of hydrogen-bond acceptors (Lipinski definition) is 3. The van der Waals surface area contributed by atoms with E-state index >= 15 is 0 Å². The van der Waals surface area contributed by atoms with Crippen molar-refractivity contribution in [2.24, 2.45) is 0 Å². The summed E-state index contributed by atoms with van der Waals surface area (Å²) < 4.78 is 32.1. The van der Waals surface area contributed by atoms with Crippen molar-refractivity contribution < 1.29 is 13.2 Å².